The number of ether oxygens (including phenoxy) is 2. The molecule has 0 amide bonds. The molecule has 1 atom stereocenters. The number of halogens is 1. The number of esters is 2. The van der Waals surface area contributed by atoms with Crippen LogP contribution in [0.5, 0.6) is 0 Å². The zero-order valence-corrected chi connectivity index (χ0v) is 18.3. The van der Waals surface area contributed by atoms with Crippen LogP contribution in [0.3, 0.4) is 0 Å². The predicted molar refractivity (Wildman–Crippen MR) is 119 cm³/mol. The molecule has 31 heavy (non-hydrogen) atoms. The molecule has 1 fully saturated rings. The van der Waals surface area contributed by atoms with Crippen molar-refractivity contribution in [2.75, 3.05) is 19.5 Å². The molecule has 2 aromatic carbocycles. The van der Waals surface area contributed by atoms with Crippen LogP contribution in [0.4, 0.5) is 5.69 Å². The number of aliphatic hydroxyl groups is 1. The maximum atomic E-state index is 12.3. The van der Waals surface area contributed by atoms with Crippen LogP contribution in [0.15, 0.2) is 60.3 Å². The normalized spacial score (nSPS) is 16.5. The summed E-state index contributed by atoms with van der Waals surface area (Å²) < 4.78 is 9.44. The van der Waals surface area contributed by atoms with Gasteiger partial charge in [0.2, 0.25) is 0 Å². The summed E-state index contributed by atoms with van der Waals surface area (Å²) in [5, 5.41) is 15.6. The van der Waals surface area contributed by atoms with Gasteiger partial charge in [-0.25, -0.2) is 9.59 Å². The fraction of sp³-hybridized carbons (Fsp3) is 0.333. The molecule has 2 N–H and O–H groups in total. The van der Waals surface area contributed by atoms with Crippen LogP contribution in [-0.4, -0.2) is 31.3 Å². The van der Waals surface area contributed by atoms with Gasteiger partial charge in [-0.05, 0) is 42.5 Å². The Morgan fingerprint density at radius 2 is 1.77 bits per heavy atom. The van der Waals surface area contributed by atoms with Crippen molar-refractivity contribution in [1.29, 1.82) is 0 Å². The highest BCUT2D eigenvalue weighted by Crippen LogP contribution is 2.47. The Balaban J connectivity index is 2.15. The first-order valence-corrected chi connectivity index (χ1v) is 10.5. The standard InChI is InChI=1S/C24H26ClNO5/c1-30-22(27)15-21(23(28)31-2)26-20-13-12-18(25)14-19(20)24(29,17-10-6-7-11-17)16-8-4-3-5-9-16/h3-5,8-9,12-15,17,26,29H,6-7,10-11H2,1-2H3/b21-15+. The lowest BCUT2D eigenvalue weighted by Gasteiger charge is -2.37. The monoisotopic (exact) mass is 443 g/mol. The van der Waals surface area contributed by atoms with Crippen LogP contribution in [0.2, 0.25) is 5.02 Å². The molecule has 6 nitrogen and oxygen atoms in total. The molecule has 0 radical (unpaired) electrons. The van der Waals surface area contributed by atoms with E-state index < -0.39 is 17.5 Å². The van der Waals surface area contributed by atoms with Gasteiger partial charge in [0.25, 0.3) is 0 Å². The molecule has 0 aromatic heterocycles. The molecule has 164 valence electrons. The zero-order chi connectivity index (χ0) is 22.4. The summed E-state index contributed by atoms with van der Waals surface area (Å²) in [6, 6.07) is 14.4. The molecule has 3 rings (SSSR count). The third-order valence-corrected chi connectivity index (χ3v) is 5.93. The predicted octanol–water partition coefficient (Wildman–Crippen LogP) is 4.41. The second-order valence-corrected chi connectivity index (χ2v) is 7.94. The smallest absolute Gasteiger partial charge is 0.354 e. The van der Waals surface area contributed by atoms with E-state index in [2.05, 4.69) is 10.1 Å². The molecular weight excluding hydrogens is 418 g/mol. The van der Waals surface area contributed by atoms with Gasteiger partial charge in [-0.1, -0.05) is 54.8 Å². The van der Waals surface area contributed by atoms with E-state index in [1.165, 1.54) is 14.2 Å². The van der Waals surface area contributed by atoms with E-state index in [9.17, 15) is 14.7 Å². The Kier molecular flexibility index (Phi) is 7.36. The van der Waals surface area contributed by atoms with Crippen LogP contribution in [0, 0.1) is 5.92 Å². The summed E-state index contributed by atoms with van der Waals surface area (Å²) in [5.74, 6) is -1.48. The summed E-state index contributed by atoms with van der Waals surface area (Å²) >= 11 is 6.33. The van der Waals surface area contributed by atoms with E-state index in [0.29, 0.717) is 16.3 Å². The lowest BCUT2D eigenvalue weighted by atomic mass is 9.74. The minimum absolute atomic E-state index is 0.0277. The summed E-state index contributed by atoms with van der Waals surface area (Å²) in [4.78, 5) is 24.1. The quantitative estimate of drug-likeness (QED) is 0.487. The molecule has 0 aliphatic heterocycles. The van der Waals surface area contributed by atoms with E-state index in [0.717, 1.165) is 37.3 Å². The van der Waals surface area contributed by atoms with Gasteiger partial charge in [-0.2, -0.15) is 0 Å². The summed E-state index contributed by atoms with van der Waals surface area (Å²) in [6.45, 7) is 0. The Hall–Kier alpha value is -2.83. The van der Waals surface area contributed by atoms with E-state index in [-0.39, 0.29) is 11.6 Å². The van der Waals surface area contributed by atoms with Crippen molar-refractivity contribution in [3.63, 3.8) is 0 Å². The average molecular weight is 444 g/mol. The van der Waals surface area contributed by atoms with Gasteiger partial charge in [-0.15, -0.1) is 0 Å². The Morgan fingerprint density at radius 3 is 2.39 bits per heavy atom. The SMILES string of the molecule is COC(=O)/C=C(/Nc1ccc(Cl)cc1C(O)(c1ccccc1)C1CCCC1)C(=O)OC. The van der Waals surface area contributed by atoms with E-state index in [1.807, 2.05) is 30.3 Å². The largest absolute Gasteiger partial charge is 0.466 e. The maximum Gasteiger partial charge on any atom is 0.354 e. The van der Waals surface area contributed by atoms with Crippen molar-refractivity contribution in [2.45, 2.75) is 31.3 Å². The highest BCUT2D eigenvalue weighted by atomic mass is 35.5. The first-order valence-electron chi connectivity index (χ1n) is 10.1. The second kappa shape index (κ2) is 9.98. The topological polar surface area (TPSA) is 84.9 Å². The third kappa shape index (κ3) is 4.92. The maximum absolute atomic E-state index is 12.3. The minimum atomic E-state index is -1.34. The van der Waals surface area contributed by atoms with E-state index >= 15 is 0 Å². The number of rotatable bonds is 7. The molecule has 1 unspecified atom stereocenters. The summed E-state index contributed by atoms with van der Waals surface area (Å²) in [7, 11) is 2.44. The molecular formula is C24H26ClNO5. The number of anilines is 1. The molecule has 7 heteroatoms. The van der Waals surface area contributed by atoms with Gasteiger partial charge in [0.15, 0.2) is 0 Å². The molecule has 1 aliphatic rings. The van der Waals surface area contributed by atoms with Crippen LogP contribution in [0.25, 0.3) is 0 Å². The van der Waals surface area contributed by atoms with Gasteiger partial charge in [0.05, 0.1) is 20.3 Å². The first-order chi connectivity index (χ1) is 14.9. The molecule has 2 aromatic rings. The fourth-order valence-electron chi connectivity index (χ4n) is 4.17. The number of methoxy groups -OCH3 is 2. The number of hydrogen-bond donors (Lipinski definition) is 2. The van der Waals surface area contributed by atoms with Gasteiger partial charge < -0.3 is 19.9 Å². The Labute approximate surface area is 186 Å². The summed E-state index contributed by atoms with van der Waals surface area (Å²) in [5.41, 5.74) is 0.266. The number of nitrogens with one attached hydrogen (secondary N) is 1. The highest BCUT2D eigenvalue weighted by molar-refractivity contribution is 6.30. The lowest BCUT2D eigenvalue weighted by molar-refractivity contribution is -0.138. The number of carbonyl (C=O) groups excluding carboxylic acids is 2. The van der Waals surface area contributed by atoms with E-state index in [1.54, 1.807) is 18.2 Å². The van der Waals surface area contributed by atoms with Gasteiger partial charge in [0.1, 0.15) is 11.3 Å². The minimum Gasteiger partial charge on any atom is -0.466 e. The number of benzene rings is 2. The number of carbonyl (C=O) groups is 2. The van der Waals surface area contributed by atoms with Crippen molar-refractivity contribution < 1.29 is 24.2 Å². The van der Waals surface area contributed by atoms with Crippen molar-refractivity contribution in [3.05, 3.63) is 76.5 Å². The van der Waals surface area contributed by atoms with Crippen LogP contribution in [-0.2, 0) is 24.7 Å². The van der Waals surface area contributed by atoms with Crippen LogP contribution in [0.1, 0.15) is 36.8 Å². The number of hydrogen-bond acceptors (Lipinski definition) is 6. The molecule has 0 saturated heterocycles. The Bertz CT molecular complexity index is 969. The summed E-state index contributed by atoms with van der Waals surface area (Å²) in [6.07, 6.45) is 4.79. The fourth-order valence-corrected chi connectivity index (χ4v) is 4.34. The highest BCUT2D eigenvalue weighted by Gasteiger charge is 2.43. The van der Waals surface area contributed by atoms with Gasteiger partial charge in [-0.3, -0.25) is 0 Å². The molecule has 0 spiro atoms. The molecule has 1 aliphatic carbocycles. The molecule has 0 bridgehead atoms. The second-order valence-electron chi connectivity index (χ2n) is 7.50. The first kappa shape index (κ1) is 22.8. The van der Waals surface area contributed by atoms with Gasteiger partial charge in [0, 0.05) is 16.3 Å². The van der Waals surface area contributed by atoms with Crippen molar-refractivity contribution >= 4 is 29.2 Å². The average Bonchev–Trinajstić information content (AvgIpc) is 3.34. The lowest BCUT2D eigenvalue weighted by Crippen LogP contribution is -2.36. The zero-order valence-electron chi connectivity index (χ0n) is 17.6. The van der Waals surface area contributed by atoms with E-state index in [4.69, 9.17) is 16.3 Å². The van der Waals surface area contributed by atoms with Crippen molar-refractivity contribution in [2.24, 2.45) is 5.92 Å². The third-order valence-electron chi connectivity index (χ3n) is 5.69. The Morgan fingerprint density at radius 1 is 1.10 bits per heavy atom. The molecule has 0 heterocycles. The van der Waals surface area contributed by atoms with Crippen molar-refractivity contribution in [3.8, 4) is 0 Å². The van der Waals surface area contributed by atoms with Crippen LogP contribution >= 0.6 is 11.6 Å². The molecule has 1 saturated carbocycles. The van der Waals surface area contributed by atoms with Crippen LogP contribution < -0.4 is 5.32 Å². The van der Waals surface area contributed by atoms with Crippen molar-refractivity contribution in [1.82, 2.24) is 0 Å². The van der Waals surface area contributed by atoms with Gasteiger partial charge >= 0.3 is 11.9 Å².